The summed E-state index contributed by atoms with van der Waals surface area (Å²) in [4.78, 5) is 19.1. The molecule has 2 aromatic carbocycles. The number of hydrogen-bond acceptors (Lipinski definition) is 7. The number of urea groups is 1. The molecule has 1 saturated heterocycles. The second-order valence-corrected chi connectivity index (χ2v) is 7.95. The molecule has 0 bridgehead atoms. The number of carbonyl (C=O) groups is 1. The highest BCUT2D eigenvalue weighted by molar-refractivity contribution is 6.33. The van der Waals surface area contributed by atoms with Gasteiger partial charge in [0.05, 0.1) is 32.0 Å². The van der Waals surface area contributed by atoms with Gasteiger partial charge in [-0.15, -0.1) is 0 Å². The number of nitrogens with zero attached hydrogens (tertiary/aromatic N) is 3. The van der Waals surface area contributed by atoms with Gasteiger partial charge in [-0.25, -0.2) is 4.79 Å². The lowest BCUT2D eigenvalue weighted by molar-refractivity contribution is 0.187. The number of amides is 2. The molecular formula is C23H25ClN4O5. The van der Waals surface area contributed by atoms with Crippen LogP contribution >= 0.6 is 11.6 Å². The van der Waals surface area contributed by atoms with Crippen LogP contribution in [0, 0.1) is 0 Å². The minimum absolute atomic E-state index is 0.0824. The molecule has 3 aromatic rings. The van der Waals surface area contributed by atoms with Crippen LogP contribution in [0.15, 0.2) is 40.9 Å². The van der Waals surface area contributed by atoms with Gasteiger partial charge in [-0.05, 0) is 25.0 Å². The van der Waals surface area contributed by atoms with Gasteiger partial charge in [0.25, 0.3) is 0 Å². The Balaban J connectivity index is 1.39. The SMILES string of the molecule is COc1cc(NC(=O)N2CCC(c3nc(-c4ccccc4Cl)no3)CC2)cc(OC)c1OC. The Bertz CT molecular complexity index is 1100. The molecule has 0 saturated carbocycles. The van der Waals surface area contributed by atoms with Crippen molar-refractivity contribution in [2.45, 2.75) is 18.8 Å². The Morgan fingerprint density at radius 2 is 1.76 bits per heavy atom. The number of rotatable bonds is 6. The van der Waals surface area contributed by atoms with Gasteiger partial charge in [0.2, 0.25) is 17.5 Å². The molecule has 0 unspecified atom stereocenters. The van der Waals surface area contributed by atoms with Crippen molar-refractivity contribution in [2.24, 2.45) is 0 Å². The van der Waals surface area contributed by atoms with Gasteiger partial charge >= 0.3 is 6.03 Å². The van der Waals surface area contributed by atoms with E-state index in [4.69, 9.17) is 30.3 Å². The fraction of sp³-hybridized carbons (Fsp3) is 0.348. The topological polar surface area (TPSA) is 99.0 Å². The summed E-state index contributed by atoms with van der Waals surface area (Å²) >= 11 is 6.23. The summed E-state index contributed by atoms with van der Waals surface area (Å²) in [6.07, 6.45) is 1.43. The number of piperidine rings is 1. The lowest BCUT2D eigenvalue weighted by atomic mass is 9.97. The third-order valence-corrected chi connectivity index (χ3v) is 5.93. The van der Waals surface area contributed by atoms with Gasteiger partial charge in [0.1, 0.15) is 0 Å². The van der Waals surface area contributed by atoms with E-state index in [0.717, 1.165) is 5.56 Å². The Morgan fingerprint density at radius 3 is 2.36 bits per heavy atom. The molecule has 1 aliphatic rings. The largest absolute Gasteiger partial charge is 0.493 e. The van der Waals surface area contributed by atoms with Gasteiger partial charge in [-0.3, -0.25) is 0 Å². The molecule has 1 fully saturated rings. The van der Waals surface area contributed by atoms with Crippen molar-refractivity contribution < 1.29 is 23.5 Å². The third-order valence-electron chi connectivity index (χ3n) is 5.60. The number of nitrogens with one attached hydrogen (secondary N) is 1. The maximum Gasteiger partial charge on any atom is 0.321 e. The zero-order valence-corrected chi connectivity index (χ0v) is 19.4. The first-order valence-electron chi connectivity index (χ1n) is 10.5. The summed E-state index contributed by atoms with van der Waals surface area (Å²) in [5.74, 6) is 2.52. The van der Waals surface area contributed by atoms with Crippen LogP contribution < -0.4 is 19.5 Å². The molecule has 9 nitrogen and oxygen atoms in total. The fourth-order valence-corrected chi connectivity index (χ4v) is 4.06. The summed E-state index contributed by atoms with van der Waals surface area (Å²) < 4.78 is 21.5. The maximum absolute atomic E-state index is 12.8. The van der Waals surface area contributed by atoms with E-state index < -0.39 is 0 Å². The van der Waals surface area contributed by atoms with Crippen molar-refractivity contribution in [2.75, 3.05) is 39.7 Å². The van der Waals surface area contributed by atoms with Crippen LogP contribution in [-0.2, 0) is 0 Å². The standard InChI is InChI=1S/C23H25ClN4O5/c1-30-18-12-15(13-19(31-2)20(18)32-3)25-23(29)28-10-8-14(9-11-28)22-26-21(27-33-22)16-6-4-5-7-17(16)24/h4-7,12-14H,8-11H2,1-3H3,(H,25,29). The number of likely N-dealkylation sites (tertiary alicyclic amines) is 1. The molecule has 1 aromatic heterocycles. The number of carbonyl (C=O) groups excluding carboxylic acids is 1. The predicted octanol–water partition coefficient (Wildman–Crippen LogP) is 4.83. The molecule has 1 N–H and O–H groups in total. The fourth-order valence-electron chi connectivity index (χ4n) is 3.84. The average molecular weight is 473 g/mol. The number of hydrogen-bond donors (Lipinski definition) is 1. The first-order chi connectivity index (χ1) is 16.0. The average Bonchev–Trinajstić information content (AvgIpc) is 3.33. The Kier molecular flexibility index (Phi) is 6.88. The van der Waals surface area contributed by atoms with E-state index in [1.54, 1.807) is 23.1 Å². The maximum atomic E-state index is 12.8. The molecule has 1 aliphatic heterocycles. The van der Waals surface area contributed by atoms with Crippen LogP contribution in [0.3, 0.4) is 0 Å². The highest BCUT2D eigenvalue weighted by atomic mass is 35.5. The molecule has 0 radical (unpaired) electrons. The van der Waals surface area contributed by atoms with Gasteiger partial charge in [0.15, 0.2) is 11.5 Å². The molecule has 2 heterocycles. The van der Waals surface area contributed by atoms with Crippen molar-refractivity contribution in [3.63, 3.8) is 0 Å². The number of ether oxygens (including phenoxy) is 3. The number of aromatic nitrogens is 2. The van der Waals surface area contributed by atoms with Crippen LogP contribution in [0.5, 0.6) is 17.2 Å². The zero-order chi connectivity index (χ0) is 23.4. The lowest BCUT2D eigenvalue weighted by Gasteiger charge is -2.30. The van der Waals surface area contributed by atoms with Crippen molar-refractivity contribution >= 4 is 23.3 Å². The van der Waals surface area contributed by atoms with E-state index >= 15 is 0 Å². The summed E-state index contributed by atoms with van der Waals surface area (Å²) in [6.45, 7) is 1.12. The lowest BCUT2D eigenvalue weighted by Crippen LogP contribution is -2.40. The molecule has 4 rings (SSSR count). The number of benzene rings is 2. The highest BCUT2D eigenvalue weighted by Gasteiger charge is 2.28. The van der Waals surface area contributed by atoms with Crippen LogP contribution in [0.1, 0.15) is 24.7 Å². The smallest absolute Gasteiger partial charge is 0.321 e. The second-order valence-electron chi connectivity index (χ2n) is 7.54. The van der Waals surface area contributed by atoms with Crippen LogP contribution in [0.25, 0.3) is 11.4 Å². The van der Waals surface area contributed by atoms with E-state index in [0.29, 0.717) is 65.6 Å². The Morgan fingerprint density at radius 1 is 1.09 bits per heavy atom. The van der Waals surface area contributed by atoms with Gasteiger partial charge in [-0.1, -0.05) is 28.9 Å². The third kappa shape index (κ3) is 4.83. The summed E-state index contributed by atoms with van der Waals surface area (Å²) in [6, 6.07) is 10.6. The Hall–Kier alpha value is -3.46. The minimum atomic E-state index is -0.204. The predicted molar refractivity (Wildman–Crippen MR) is 123 cm³/mol. The number of methoxy groups -OCH3 is 3. The molecular weight excluding hydrogens is 448 g/mol. The quantitative estimate of drug-likeness (QED) is 0.548. The summed E-state index contributed by atoms with van der Waals surface area (Å²) in [5, 5.41) is 7.56. The first-order valence-corrected chi connectivity index (χ1v) is 10.9. The van der Waals surface area contributed by atoms with Crippen LogP contribution in [0.4, 0.5) is 10.5 Å². The number of anilines is 1. The van der Waals surface area contributed by atoms with Crippen LogP contribution in [0.2, 0.25) is 5.02 Å². The van der Waals surface area contributed by atoms with Gasteiger partial charge in [-0.2, -0.15) is 4.98 Å². The van der Waals surface area contributed by atoms with E-state index in [1.165, 1.54) is 21.3 Å². The van der Waals surface area contributed by atoms with Gasteiger partial charge < -0.3 is 29.0 Å². The molecule has 0 spiro atoms. The zero-order valence-electron chi connectivity index (χ0n) is 18.6. The molecule has 33 heavy (non-hydrogen) atoms. The van der Waals surface area contributed by atoms with Crippen molar-refractivity contribution in [3.05, 3.63) is 47.3 Å². The van der Waals surface area contributed by atoms with E-state index in [9.17, 15) is 4.79 Å². The molecule has 10 heteroatoms. The monoisotopic (exact) mass is 472 g/mol. The van der Waals surface area contributed by atoms with Crippen molar-refractivity contribution in [3.8, 4) is 28.6 Å². The van der Waals surface area contributed by atoms with Crippen molar-refractivity contribution in [1.82, 2.24) is 15.0 Å². The summed E-state index contributed by atoms with van der Waals surface area (Å²) in [5.41, 5.74) is 1.29. The minimum Gasteiger partial charge on any atom is -0.493 e. The van der Waals surface area contributed by atoms with E-state index in [2.05, 4.69) is 15.5 Å². The Labute approximate surface area is 196 Å². The van der Waals surface area contributed by atoms with Crippen LogP contribution in [-0.4, -0.2) is 55.5 Å². The first kappa shape index (κ1) is 22.7. The molecule has 0 atom stereocenters. The molecule has 0 aliphatic carbocycles. The van der Waals surface area contributed by atoms with Crippen molar-refractivity contribution in [1.29, 1.82) is 0 Å². The van der Waals surface area contributed by atoms with E-state index in [1.807, 2.05) is 18.2 Å². The number of halogens is 1. The molecule has 2 amide bonds. The molecule has 174 valence electrons. The van der Waals surface area contributed by atoms with Gasteiger partial charge in [0, 0.05) is 36.7 Å². The van der Waals surface area contributed by atoms with E-state index in [-0.39, 0.29) is 11.9 Å². The normalized spacial score (nSPS) is 14.1. The second kappa shape index (κ2) is 9.99. The summed E-state index contributed by atoms with van der Waals surface area (Å²) in [7, 11) is 4.59. The highest BCUT2D eigenvalue weighted by Crippen LogP contribution is 2.40.